The van der Waals surface area contributed by atoms with Gasteiger partial charge in [0.2, 0.25) is 0 Å². The van der Waals surface area contributed by atoms with Crippen LogP contribution in [0.1, 0.15) is 22.5 Å². The van der Waals surface area contributed by atoms with Crippen LogP contribution in [0.25, 0.3) is 11.3 Å². The third-order valence-corrected chi connectivity index (χ3v) is 6.96. The van der Waals surface area contributed by atoms with Gasteiger partial charge in [0.15, 0.2) is 0 Å². The molecule has 0 aliphatic carbocycles. The fourth-order valence-corrected chi connectivity index (χ4v) is 4.76. The second kappa shape index (κ2) is 10.6. The molecule has 0 unspecified atom stereocenters. The van der Waals surface area contributed by atoms with Crippen molar-refractivity contribution in [3.63, 3.8) is 0 Å². The van der Waals surface area contributed by atoms with Gasteiger partial charge in [-0.3, -0.25) is 9.69 Å². The summed E-state index contributed by atoms with van der Waals surface area (Å²) in [4.78, 5) is 17.5. The van der Waals surface area contributed by atoms with Crippen LogP contribution >= 0.6 is 23.2 Å². The van der Waals surface area contributed by atoms with E-state index in [4.69, 9.17) is 23.2 Å². The van der Waals surface area contributed by atoms with Crippen LogP contribution in [0.4, 0.5) is 5.69 Å². The third kappa shape index (κ3) is 5.55. The second-order valence-electron chi connectivity index (χ2n) is 8.49. The molecule has 0 atom stereocenters. The maximum absolute atomic E-state index is 12.8. The summed E-state index contributed by atoms with van der Waals surface area (Å²) >= 11 is 12.5. The fraction of sp³-hybridized carbons (Fsp3) is 0.346. The highest BCUT2D eigenvalue weighted by Gasteiger charge is 2.20. The first-order valence-corrected chi connectivity index (χ1v) is 12.1. The molecule has 2 heterocycles. The summed E-state index contributed by atoms with van der Waals surface area (Å²) < 4.78 is 2.08. The van der Waals surface area contributed by atoms with Crippen LogP contribution in [0.3, 0.4) is 0 Å². The fourth-order valence-electron chi connectivity index (χ4n) is 4.36. The summed E-state index contributed by atoms with van der Waals surface area (Å²) in [6.07, 6.45) is 0.918. The summed E-state index contributed by atoms with van der Waals surface area (Å²) in [5.74, 6) is -0.00861. The Hall–Kier alpha value is -2.47. The van der Waals surface area contributed by atoms with Crippen molar-refractivity contribution < 1.29 is 4.79 Å². The Kier molecular flexibility index (Phi) is 7.63. The summed E-state index contributed by atoms with van der Waals surface area (Å²) in [5, 5.41) is 4.54. The molecule has 1 amide bonds. The van der Waals surface area contributed by atoms with E-state index in [1.54, 1.807) is 0 Å². The molecule has 1 aromatic heterocycles. The van der Waals surface area contributed by atoms with Crippen molar-refractivity contribution in [2.75, 3.05) is 44.2 Å². The van der Waals surface area contributed by atoms with Crippen molar-refractivity contribution in [3.8, 4) is 11.3 Å². The van der Waals surface area contributed by atoms with Crippen molar-refractivity contribution in [1.82, 2.24) is 14.8 Å². The van der Waals surface area contributed by atoms with Gasteiger partial charge >= 0.3 is 0 Å². The zero-order valence-corrected chi connectivity index (χ0v) is 20.7. The predicted octanol–water partition coefficient (Wildman–Crippen LogP) is 5.25. The van der Waals surface area contributed by atoms with Gasteiger partial charge in [0.25, 0.3) is 5.91 Å². The highest BCUT2D eigenvalue weighted by atomic mass is 35.5. The van der Waals surface area contributed by atoms with E-state index in [1.165, 1.54) is 0 Å². The first-order chi connectivity index (χ1) is 15.9. The molecule has 0 spiro atoms. The molecule has 174 valence electrons. The Bertz CT molecular complexity index is 1100. The van der Waals surface area contributed by atoms with Crippen molar-refractivity contribution in [3.05, 3.63) is 75.9 Å². The number of carbonyl (C=O) groups excluding carboxylic acids is 1. The van der Waals surface area contributed by atoms with Crippen LogP contribution in [-0.4, -0.2) is 54.6 Å². The SMILES string of the molecule is Cc1c(C(=O)NCCCN2CCN(c3cc(Cl)ccc3Cl)CC2)cc(-c2ccccc2)n1C. The molecule has 3 aromatic rings. The lowest BCUT2D eigenvalue weighted by Crippen LogP contribution is -2.47. The van der Waals surface area contributed by atoms with E-state index in [0.717, 1.165) is 72.4 Å². The number of nitrogens with zero attached hydrogens (tertiary/aromatic N) is 3. The van der Waals surface area contributed by atoms with Crippen molar-refractivity contribution in [2.24, 2.45) is 7.05 Å². The monoisotopic (exact) mass is 484 g/mol. The Labute approximate surface area is 205 Å². The smallest absolute Gasteiger partial charge is 0.253 e. The van der Waals surface area contributed by atoms with Gasteiger partial charge in [-0.25, -0.2) is 0 Å². The first kappa shape index (κ1) is 23.7. The molecule has 1 fully saturated rings. The highest BCUT2D eigenvalue weighted by molar-refractivity contribution is 6.35. The largest absolute Gasteiger partial charge is 0.368 e. The van der Waals surface area contributed by atoms with Gasteiger partial charge in [0, 0.05) is 56.2 Å². The molecule has 5 nitrogen and oxygen atoms in total. The standard InChI is InChI=1S/C26H30Cl2N4O/c1-19-22(18-24(30(19)2)20-7-4-3-5-8-20)26(33)29-11-6-12-31-13-15-32(16-14-31)25-17-21(27)9-10-23(25)28/h3-5,7-10,17-18H,6,11-16H2,1-2H3,(H,29,33). The van der Waals surface area contributed by atoms with E-state index in [0.29, 0.717) is 11.6 Å². The molecule has 1 aliphatic rings. The number of hydrogen-bond donors (Lipinski definition) is 1. The van der Waals surface area contributed by atoms with Crippen LogP contribution in [0.5, 0.6) is 0 Å². The number of carbonyl (C=O) groups is 1. The summed E-state index contributed by atoms with van der Waals surface area (Å²) in [5.41, 5.74) is 4.88. The molecular weight excluding hydrogens is 455 g/mol. The van der Waals surface area contributed by atoms with Gasteiger partial charge in [0.1, 0.15) is 0 Å². The number of rotatable bonds is 7. The van der Waals surface area contributed by atoms with E-state index in [-0.39, 0.29) is 5.91 Å². The van der Waals surface area contributed by atoms with Crippen LogP contribution in [0.15, 0.2) is 54.6 Å². The van der Waals surface area contributed by atoms with Gasteiger partial charge in [-0.1, -0.05) is 53.5 Å². The van der Waals surface area contributed by atoms with Crippen LogP contribution in [0, 0.1) is 6.92 Å². The van der Waals surface area contributed by atoms with Crippen LogP contribution in [-0.2, 0) is 7.05 Å². The van der Waals surface area contributed by atoms with Crippen LogP contribution < -0.4 is 10.2 Å². The number of amides is 1. The van der Waals surface area contributed by atoms with E-state index < -0.39 is 0 Å². The molecule has 33 heavy (non-hydrogen) atoms. The van der Waals surface area contributed by atoms with Crippen molar-refractivity contribution in [2.45, 2.75) is 13.3 Å². The zero-order chi connectivity index (χ0) is 23.4. The Morgan fingerprint density at radius 2 is 1.73 bits per heavy atom. The zero-order valence-electron chi connectivity index (χ0n) is 19.2. The minimum atomic E-state index is -0.00861. The molecule has 7 heteroatoms. The maximum Gasteiger partial charge on any atom is 0.253 e. The minimum Gasteiger partial charge on any atom is -0.368 e. The Balaban J connectivity index is 1.24. The quantitative estimate of drug-likeness (QED) is 0.465. The molecule has 0 radical (unpaired) electrons. The lowest BCUT2D eigenvalue weighted by Gasteiger charge is -2.36. The predicted molar refractivity (Wildman–Crippen MR) is 138 cm³/mol. The van der Waals surface area contributed by atoms with E-state index in [1.807, 2.05) is 56.4 Å². The van der Waals surface area contributed by atoms with Crippen LogP contribution in [0.2, 0.25) is 10.0 Å². The normalized spacial score (nSPS) is 14.5. The number of nitrogens with one attached hydrogen (secondary N) is 1. The number of aromatic nitrogens is 1. The third-order valence-electron chi connectivity index (χ3n) is 6.41. The lowest BCUT2D eigenvalue weighted by atomic mass is 10.1. The Morgan fingerprint density at radius 1 is 1.00 bits per heavy atom. The van der Waals surface area contributed by atoms with Gasteiger partial charge in [-0.05, 0) is 49.7 Å². The minimum absolute atomic E-state index is 0.00861. The number of benzene rings is 2. The number of piperazine rings is 1. The average Bonchev–Trinajstić information content (AvgIpc) is 3.13. The maximum atomic E-state index is 12.8. The molecule has 0 saturated carbocycles. The molecule has 1 aliphatic heterocycles. The molecule has 4 rings (SSSR count). The second-order valence-corrected chi connectivity index (χ2v) is 9.33. The van der Waals surface area contributed by atoms with Gasteiger partial charge in [-0.2, -0.15) is 0 Å². The molecular formula is C26H30Cl2N4O. The van der Waals surface area contributed by atoms with Gasteiger partial charge < -0.3 is 14.8 Å². The summed E-state index contributed by atoms with van der Waals surface area (Å²) in [6.45, 7) is 7.38. The first-order valence-electron chi connectivity index (χ1n) is 11.4. The summed E-state index contributed by atoms with van der Waals surface area (Å²) in [7, 11) is 2.00. The van der Waals surface area contributed by atoms with Gasteiger partial charge in [0.05, 0.1) is 16.3 Å². The molecule has 0 bridgehead atoms. The average molecular weight is 485 g/mol. The van der Waals surface area contributed by atoms with Gasteiger partial charge in [-0.15, -0.1) is 0 Å². The van der Waals surface area contributed by atoms with E-state index in [2.05, 4.69) is 31.8 Å². The number of halogens is 2. The molecule has 1 saturated heterocycles. The van der Waals surface area contributed by atoms with Crippen molar-refractivity contribution in [1.29, 1.82) is 0 Å². The molecule has 2 aromatic carbocycles. The van der Waals surface area contributed by atoms with Crippen molar-refractivity contribution >= 4 is 34.8 Å². The number of hydrogen-bond acceptors (Lipinski definition) is 3. The summed E-state index contributed by atoms with van der Waals surface area (Å²) in [6, 6.07) is 17.8. The van der Waals surface area contributed by atoms with E-state index >= 15 is 0 Å². The Morgan fingerprint density at radius 3 is 2.45 bits per heavy atom. The highest BCUT2D eigenvalue weighted by Crippen LogP contribution is 2.29. The molecule has 1 N–H and O–H groups in total. The lowest BCUT2D eigenvalue weighted by molar-refractivity contribution is 0.0951. The topological polar surface area (TPSA) is 40.5 Å². The van der Waals surface area contributed by atoms with E-state index in [9.17, 15) is 4.79 Å². The number of anilines is 1.